The molecule has 0 fully saturated rings. The summed E-state index contributed by atoms with van der Waals surface area (Å²) in [5.41, 5.74) is 5.38. The van der Waals surface area contributed by atoms with Gasteiger partial charge in [0, 0.05) is 11.3 Å². The van der Waals surface area contributed by atoms with E-state index in [-0.39, 0.29) is 18.6 Å². The van der Waals surface area contributed by atoms with Crippen molar-refractivity contribution in [2.45, 2.75) is 18.9 Å². The molecule has 160 valence electrons. The molecule has 0 bridgehead atoms. The molecule has 0 unspecified atom stereocenters. The van der Waals surface area contributed by atoms with E-state index < -0.39 is 6.09 Å². The summed E-state index contributed by atoms with van der Waals surface area (Å²) < 4.78 is 5.64. The summed E-state index contributed by atoms with van der Waals surface area (Å²) in [4.78, 5) is 17.0. The number of rotatable bonds is 4. The van der Waals surface area contributed by atoms with Crippen molar-refractivity contribution in [3.8, 4) is 11.1 Å². The summed E-state index contributed by atoms with van der Waals surface area (Å²) in [6, 6.07) is 23.5. The van der Waals surface area contributed by atoms with Gasteiger partial charge in [0.2, 0.25) is 0 Å². The van der Waals surface area contributed by atoms with Gasteiger partial charge < -0.3 is 10.1 Å². The highest BCUT2D eigenvalue weighted by Gasteiger charge is 2.29. The molecule has 0 saturated heterocycles. The molecule has 1 atom stereocenters. The minimum absolute atomic E-state index is 0.0128. The largest absolute Gasteiger partial charge is 0.449 e. The Morgan fingerprint density at radius 2 is 1.66 bits per heavy atom. The Balaban J connectivity index is 1.30. The van der Waals surface area contributed by atoms with Crippen LogP contribution in [0.5, 0.6) is 0 Å². The summed E-state index contributed by atoms with van der Waals surface area (Å²) in [7, 11) is 0. The fraction of sp³-hybridized carbons (Fsp3) is 0.154. The molecule has 1 aromatic heterocycles. The lowest BCUT2D eigenvalue weighted by molar-refractivity contribution is 0.139. The maximum absolute atomic E-state index is 12.6. The van der Waals surface area contributed by atoms with Gasteiger partial charge in [-0.15, -0.1) is 0 Å². The quantitative estimate of drug-likeness (QED) is 0.327. The van der Waals surface area contributed by atoms with E-state index in [1.807, 2.05) is 49.4 Å². The fourth-order valence-electron chi connectivity index (χ4n) is 4.35. The second-order valence-corrected chi connectivity index (χ2v) is 8.63. The number of hydrogen-bond acceptors (Lipinski definition) is 3. The van der Waals surface area contributed by atoms with Crippen LogP contribution >= 0.6 is 23.2 Å². The lowest BCUT2D eigenvalue weighted by Gasteiger charge is -2.17. The van der Waals surface area contributed by atoms with Crippen molar-refractivity contribution in [3.05, 3.63) is 99.8 Å². The molecule has 0 aliphatic heterocycles. The molecule has 1 N–H and O–H groups in total. The van der Waals surface area contributed by atoms with Gasteiger partial charge in [0.25, 0.3) is 0 Å². The smallest absolute Gasteiger partial charge is 0.407 e. The second kappa shape index (κ2) is 8.45. The maximum Gasteiger partial charge on any atom is 0.407 e. The van der Waals surface area contributed by atoms with Crippen molar-refractivity contribution >= 4 is 40.1 Å². The second-order valence-electron chi connectivity index (χ2n) is 7.87. The van der Waals surface area contributed by atoms with Crippen LogP contribution in [0.2, 0.25) is 10.2 Å². The van der Waals surface area contributed by atoms with E-state index in [1.54, 1.807) is 6.07 Å². The maximum atomic E-state index is 12.6. The van der Waals surface area contributed by atoms with Gasteiger partial charge in [-0.25, -0.2) is 9.78 Å². The molecule has 32 heavy (non-hydrogen) atoms. The Labute approximate surface area is 196 Å². The normalized spacial score (nSPS) is 13.5. The molecular formula is C26H20Cl2N2O2. The number of nitrogens with one attached hydrogen (secondary N) is 1. The zero-order valence-electron chi connectivity index (χ0n) is 17.3. The molecule has 4 aromatic rings. The molecule has 5 rings (SSSR count). The van der Waals surface area contributed by atoms with Crippen molar-refractivity contribution in [1.82, 2.24) is 10.3 Å². The van der Waals surface area contributed by atoms with Crippen molar-refractivity contribution in [2.24, 2.45) is 0 Å². The molecule has 1 aliphatic carbocycles. The molecule has 1 amide bonds. The van der Waals surface area contributed by atoms with Crippen molar-refractivity contribution in [2.75, 3.05) is 6.61 Å². The molecule has 1 aliphatic rings. The number of nitrogens with zero attached hydrogens (tertiary/aromatic N) is 1. The zero-order valence-corrected chi connectivity index (χ0v) is 18.8. The van der Waals surface area contributed by atoms with Gasteiger partial charge in [0.05, 0.1) is 16.8 Å². The van der Waals surface area contributed by atoms with Crippen LogP contribution in [0.1, 0.15) is 35.7 Å². The number of benzene rings is 3. The molecular weight excluding hydrogens is 443 g/mol. The molecule has 6 heteroatoms. The molecule has 1 heterocycles. The zero-order chi connectivity index (χ0) is 22.2. The number of carbonyl (C=O) groups is 1. The van der Waals surface area contributed by atoms with E-state index >= 15 is 0 Å². The van der Waals surface area contributed by atoms with E-state index in [2.05, 4.69) is 34.6 Å². The number of halogens is 2. The van der Waals surface area contributed by atoms with Gasteiger partial charge in [-0.05, 0) is 46.7 Å². The lowest BCUT2D eigenvalue weighted by atomic mass is 9.98. The Morgan fingerprint density at radius 1 is 1.00 bits per heavy atom. The third kappa shape index (κ3) is 3.70. The van der Waals surface area contributed by atoms with Crippen molar-refractivity contribution in [1.29, 1.82) is 0 Å². The van der Waals surface area contributed by atoms with Crippen LogP contribution in [0.4, 0.5) is 4.79 Å². The number of amides is 1. The minimum atomic E-state index is -0.497. The van der Waals surface area contributed by atoms with Gasteiger partial charge in [-0.3, -0.25) is 0 Å². The first-order valence-electron chi connectivity index (χ1n) is 10.4. The lowest BCUT2D eigenvalue weighted by Crippen LogP contribution is -2.29. The summed E-state index contributed by atoms with van der Waals surface area (Å²) in [6.07, 6.45) is -0.497. The van der Waals surface area contributed by atoms with Crippen LogP contribution < -0.4 is 5.32 Å². The Kier molecular flexibility index (Phi) is 5.50. The number of pyridine rings is 1. The standard InChI is InChI=1S/C26H20Cl2N2O2/c1-15(23-13-16-7-6-12-22(27)24(16)25(28)30-23)29-26(31)32-14-21-19-10-4-2-8-17(19)18-9-3-5-11-20(18)21/h2-13,15,21H,14H2,1H3,(H,29,31)/t15-/m0/s1. The van der Waals surface area contributed by atoms with E-state index in [0.717, 1.165) is 5.39 Å². The Morgan fingerprint density at radius 3 is 2.34 bits per heavy atom. The van der Waals surface area contributed by atoms with Crippen LogP contribution in [0.15, 0.2) is 72.8 Å². The van der Waals surface area contributed by atoms with Gasteiger partial charge in [0.1, 0.15) is 11.8 Å². The molecule has 4 nitrogen and oxygen atoms in total. The third-order valence-corrected chi connectivity index (χ3v) is 6.49. The number of ether oxygens (including phenoxy) is 1. The van der Waals surface area contributed by atoms with Crippen molar-refractivity contribution in [3.63, 3.8) is 0 Å². The van der Waals surface area contributed by atoms with Gasteiger partial charge in [-0.1, -0.05) is 83.9 Å². The minimum Gasteiger partial charge on any atom is -0.449 e. The first kappa shape index (κ1) is 20.8. The number of fused-ring (bicyclic) bond motifs is 4. The third-order valence-electron chi connectivity index (χ3n) is 5.90. The summed E-state index contributed by atoms with van der Waals surface area (Å²) in [5, 5.41) is 5.28. The van der Waals surface area contributed by atoms with Crippen LogP contribution in [-0.4, -0.2) is 17.7 Å². The fourth-order valence-corrected chi connectivity index (χ4v) is 4.98. The average Bonchev–Trinajstić information content (AvgIpc) is 3.11. The molecule has 0 radical (unpaired) electrons. The van der Waals surface area contributed by atoms with E-state index in [4.69, 9.17) is 27.9 Å². The van der Waals surface area contributed by atoms with E-state index in [9.17, 15) is 4.79 Å². The highest BCUT2D eigenvalue weighted by Crippen LogP contribution is 2.44. The summed E-state index contributed by atoms with van der Waals surface area (Å²) in [5.74, 6) is 0.0128. The van der Waals surface area contributed by atoms with Gasteiger partial charge in [0.15, 0.2) is 0 Å². The predicted octanol–water partition coefficient (Wildman–Crippen LogP) is 7.14. The molecule has 0 spiro atoms. The number of carbonyl (C=O) groups excluding carboxylic acids is 1. The monoisotopic (exact) mass is 462 g/mol. The number of hydrogen-bond donors (Lipinski definition) is 1. The summed E-state index contributed by atoms with van der Waals surface area (Å²) >= 11 is 12.6. The Hall–Kier alpha value is -3.08. The first-order valence-corrected chi connectivity index (χ1v) is 11.1. The topological polar surface area (TPSA) is 51.2 Å². The SMILES string of the molecule is C[C@H](NC(=O)OCC1c2ccccc2-c2ccccc21)c1cc2cccc(Cl)c2c(Cl)n1. The average molecular weight is 463 g/mol. The highest BCUT2D eigenvalue weighted by atomic mass is 35.5. The van der Waals surface area contributed by atoms with Crippen LogP contribution in [-0.2, 0) is 4.74 Å². The highest BCUT2D eigenvalue weighted by molar-refractivity contribution is 6.41. The predicted molar refractivity (Wildman–Crippen MR) is 128 cm³/mol. The van der Waals surface area contributed by atoms with E-state index in [0.29, 0.717) is 21.3 Å². The number of alkyl carbamates (subject to hydrolysis) is 1. The summed E-state index contributed by atoms with van der Waals surface area (Å²) in [6.45, 7) is 2.10. The molecule has 3 aromatic carbocycles. The van der Waals surface area contributed by atoms with Crippen LogP contribution in [0.3, 0.4) is 0 Å². The first-order chi connectivity index (χ1) is 15.5. The molecule has 0 saturated carbocycles. The van der Waals surface area contributed by atoms with Crippen molar-refractivity contribution < 1.29 is 9.53 Å². The number of aromatic nitrogens is 1. The van der Waals surface area contributed by atoms with Crippen LogP contribution in [0.25, 0.3) is 21.9 Å². The van der Waals surface area contributed by atoms with Gasteiger partial charge >= 0.3 is 6.09 Å². The van der Waals surface area contributed by atoms with E-state index in [1.165, 1.54) is 22.3 Å². The Bertz CT molecular complexity index is 1290. The van der Waals surface area contributed by atoms with Crippen LogP contribution in [0, 0.1) is 0 Å². The van der Waals surface area contributed by atoms with Gasteiger partial charge in [-0.2, -0.15) is 0 Å².